The standard InChI is InChI=1S/C11H21N3O4S/c1-8(2)6-9(13-19(3,17)18)11(16)14-5-4-12-10(15)7-14/h8-9,13H,4-7H2,1-3H3,(H,12,15). The normalized spacial score (nSPS) is 18.3. The van der Waals surface area contributed by atoms with Crippen molar-refractivity contribution in [3.8, 4) is 0 Å². The monoisotopic (exact) mass is 291 g/mol. The lowest BCUT2D eigenvalue weighted by Crippen LogP contribution is -2.56. The van der Waals surface area contributed by atoms with Gasteiger partial charge in [0.05, 0.1) is 12.8 Å². The van der Waals surface area contributed by atoms with Gasteiger partial charge in [0.15, 0.2) is 0 Å². The smallest absolute Gasteiger partial charge is 0.241 e. The lowest BCUT2D eigenvalue weighted by Gasteiger charge is -2.30. The van der Waals surface area contributed by atoms with Crippen molar-refractivity contribution in [1.29, 1.82) is 0 Å². The summed E-state index contributed by atoms with van der Waals surface area (Å²) in [5.74, 6) is -0.391. The highest BCUT2D eigenvalue weighted by Crippen LogP contribution is 2.10. The van der Waals surface area contributed by atoms with Crippen LogP contribution in [0.4, 0.5) is 0 Å². The number of hydrogen-bond acceptors (Lipinski definition) is 4. The van der Waals surface area contributed by atoms with Crippen LogP contribution in [-0.2, 0) is 19.6 Å². The molecule has 0 radical (unpaired) electrons. The molecule has 0 saturated carbocycles. The van der Waals surface area contributed by atoms with Crippen LogP contribution in [-0.4, -0.2) is 57.1 Å². The van der Waals surface area contributed by atoms with Crippen LogP contribution in [0.15, 0.2) is 0 Å². The molecule has 0 aromatic heterocycles. The van der Waals surface area contributed by atoms with Crippen LogP contribution in [0.25, 0.3) is 0 Å². The fourth-order valence-corrected chi connectivity index (χ4v) is 2.69. The Kier molecular flexibility index (Phi) is 5.30. The zero-order valence-corrected chi connectivity index (χ0v) is 12.3. The zero-order valence-electron chi connectivity index (χ0n) is 11.5. The highest BCUT2D eigenvalue weighted by molar-refractivity contribution is 7.88. The van der Waals surface area contributed by atoms with Crippen LogP contribution in [0.3, 0.4) is 0 Å². The van der Waals surface area contributed by atoms with E-state index in [0.717, 1.165) is 6.26 Å². The van der Waals surface area contributed by atoms with Crippen molar-refractivity contribution in [2.75, 3.05) is 25.9 Å². The highest BCUT2D eigenvalue weighted by atomic mass is 32.2. The van der Waals surface area contributed by atoms with E-state index < -0.39 is 16.1 Å². The fourth-order valence-electron chi connectivity index (χ4n) is 1.98. The summed E-state index contributed by atoms with van der Waals surface area (Å²) >= 11 is 0. The first-order chi connectivity index (χ1) is 8.69. The van der Waals surface area contributed by atoms with E-state index in [2.05, 4.69) is 10.0 Å². The van der Waals surface area contributed by atoms with Gasteiger partial charge in [-0.05, 0) is 12.3 Å². The van der Waals surface area contributed by atoms with E-state index in [1.165, 1.54) is 4.90 Å². The first-order valence-corrected chi connectivity index (χ1v) is 8.11. The summed E-state index contributed by atoms with van der Waals surface area (Å²) < 4.78 is 25.0. The van der Waals surface area contributed by atoms with E-state index >= 15 is 0 Å². The Morgan fingerprint density at radius 3 is 2.58 bits per heavy atom. The van der Waals surface area contributed by atoms with E-state index in [1.807, 2.05) is 13.8 Å². The second-order valence-corrected chi connectivity index (χ2v) is 6.96. The van der Waals surface area contributed by atoms with Gasteiger partial charge in [-0.15, -0.1) is 0 Å². The van der Waals surface area contributed by atoms with Crippen LogP contribution in [0, 0.1) is 5.92 Å². The molecular weight excluding hydrogens is 270 g/mol. The number of piperazine rings is 1. The van der Waals surface area contributed by atoms with E-state index in [0.29, 0.717) is 19.5 Å². The van der Waals surface area contributed by atoms with Crippen LogP contribution >= 0.6 is 0 Å². The number of nitrogens with one attached hydrogen (secondary N) is 2. The van der Waals surface area contributed by atoms with Gasteiger partial charge < -0.3 is 10.2 Å². The van der Waals surface area contributed by atoms with Gasteiger partial charge in [0.25, 0.3) is 0 Å². The average Bonchev–Trinajstić information content (AvgIpc) is 2.24. The average molecular weight is 291 g/mol. The topological polar surface area (TPSA) is 95.6 Å². The summed E-state index contributed by atoms with van der Waals surface area (Å²) in [6.07, 6.45) is 1.43. The van der Waals surface area contributed by atoms with Gasteiger partial charge in [-0.2, -0.15) is 0 Å². The molecule has 2 N–H and O–H groups in total. The Hall–Kier alpha value is -1.15. The van der Waals surface area contributed by atoms with Crippen molar-refractivity contribution in [2.45, 2.75) is 26.3 Å². The van der Waals surface area contributed by atoms with Crippen LogP contribution in [0.5, 0.6) is 0 Å². The third-order valence-electron chi connectivity index (χ3n) is 2.71. The number of sulfonamides is 1. The maximum atomic E-state index is 12.3. The first kappa shape index (κ1) is 15.9. The van der Waals surface area contributed by atoms with Crippen molar-refractivity contribution >= 4 is 21.8 Å². The van der Waals surface area contributed by atoms with Crippen LogP contribution in [0.2, 0.25) is 0 Å². The summed E-state index contributed by atoms with van der Waals surface area (Å²) in [7, 11) is -3.46. The minimum absolute atomic E-state index is 0.0150. The summed E-state index contributed by atoms with van der Waals surface area (Å²) in [4.78, 5) is 24.9. The molecule has 8 heteroatoms. The van der Waals surface area contributed by atoms with Gasteiger partial charge in [0.2, 0.25) is 21.8 Å². The molecule has 7 nitrogen and oxygen atoms in total. The van der Waals surface area contributed by atoms with E-state index in [-0.39, 0.29) is 24.3 Å². The molecular formula is C11H21N3O4S. The summed E-state index contributed by atoms with van der Waals surface area (Å²) in [6.45, 7) is 4.61. The number of carbonyl (C=O) groups excluding carboxylic acids is 2. The molecule has 1 heterocycles. The molecule has 1 unspecified atom stereocenters. The molecule has 0 bridgehead atoms. The van der Waals surface area contributed by atoms with Gasteiger partial charge >= 0.3 is 0 Å². The Bertz CT molecular complexity index is 447. The molecule has 1 saturated heterocycles. The SMILES string of the molecule is CC(C)CC(NS(C)(=O)=O)C(=O)N1CCNC(=O)C1. The largest absolute Gasteiger partial charge is 0.353 e. The van der Waals surface area contributed by atoms with Gasteiger partial charge in [0.1, 0.15) is 6.04 Å². The summed E-state index contributed by atoms with van der Waals surface area (Å²) in [5.41, 5.74) is 0. The maximum Gasteiger partial charge on any atom is 0.241 e. The molecule has 0 aromatic rings. The molecule has 110 valence electrons. The van der Waals surface area contributed by atoms with E-state index in [9.17, 15) is 18.0 Å². The number of nitrogens with zero attached hydrogens (tertiary/aromatic N) is 1. The van der Waals surface area contributed by atoms with Gasteiger partial charge in [-0.3, -0.25) is 9.59 Å². The van der Waals surface area contributed by atoms with Crippen LogP contribution in [0.1, 0.15) is 20.3 Å². The second-order valence-electron chi connectivity index (χ2n) is 5.18. The lowest BCUT2D eigenvalue weighted by atomic mass is 10.0. The third-order valence-corrected chi connectivity index (χ3v) is 3.42. The summed E-state index contributed by atoms with van der Waals surface area (Å²) in [6, 6.07) is -0.805. The summed E-state index contributed by atoms with van der Waals surface area (Å²) in [5, 5.41) is 2.62. The maximum absolute atomic E-state index is 12.3. The Morgan fingerprint density at radius 1 is 1.47 bits per heavy atom. The molecule has 0 spiro atoms. The molecule has 0 aliphatic carbocycles. The molecule has 1 fully saturated rings. The van der Waals surface area contributed by atoms with Crippen molar-refractivity contribution in [1.82, 2.24) is 14.9 Å². The van der Waals surface area contributed by atoms with Crippen LogP contribution < -0.4 is 10.0 Å². The van der Waals surface area contributed by atoms with Gasteiger partial charge in [-0.25, -0.2) is 13.1 Å². The minimum Gasteiger partial charge on any atom is -0.353 e. The predicted octanol–water partition coefficient (Wildman–Crippen LogP) is -1.09. The van der Waals surface area contributed by atoms with Gasteiger partial charge in [-0.1, -0.05) is 13.8 Å². The number of carbonyl (C=O) groups is 2. The lowest BCUT2D eigenvalue weighted by molar-refractivity contribution is -0.139. The van der Waals surface area contributed by atoms with Gasteiger partial charge in [0, 0.05) is 13.1 Å². The minimum atomic E-state index is -3.46. The quantitative estimate of drug-likeness (QED) is 0.673. The molecule has 1 aliphatic rings. The van der Waals surface area contributed by atoms with Crippen molar-refractivity contribution in [3.63, 3.8) is 0 Å². The Balaban J connectivity index is 2.78. The van der Waals surface area contributed by atoms with Crippen molar-refractivity contribution in [3.05, 3.63) is 0 Å². The molecule has 2 amide bonds. The first-order valence-electron chi connectivity index (χ1n) is 6.22. The number of rotatable bonds is 5. The molecule has 0 aromatic carbocycles. The molecule has 1 atom stereocenters. The van der Waals surface area contributed by atoms with Crippen molar-refractivity contribution < 1.29 is 18.0 Å². The molecule has 1 rings (SSSR count). The Morgan fingerprint density at radius 2 is 2.11 bits per heavy atom. The number of hydrogen-bond donors (Lipinski definition) is 2. The predicted molar refractivity (Wildman–Crippen MR) is 70.8 cm³/mol. The molecule has 1 aliphatic heterocycles. The highest BCUT2D eigenvalue weighted by Gasteiger charge is 2.30. The third kappa shape index (κ3) is 5.56. The number of amides is 2. The molecule has 19 heavy (non-hydrogen) atoms. The second kappa shape index (κ2) is 6.33. The fraction of sp³-hybridized carbons (Fsp3) is 0.818. The Labute approximate surface area is 113 Å². The van der Waals surface area contributed by atoms with Crippen molar-refractivity contribution in [2.24, 2.45) is 5.92 Å². The van der Waals surface area contributed by atoms with E-state index in [4.69, 9.17) is 0 Å². The zero-order chi connectivity index (χ0) is 14.6. The van der Waals surface area contributed by atoms with E-state index in [1.54, 1.807) is 0 Å².